The second kappa shape index (κ2) is 5.13. The molecule has 0 radical (unpaired) electrons. The Hall–Kier alpha value is -0.680. The number of hydrogen-bond donors (Lipinski definition) is 2. The van der Waals surface area contributed by atoms with Crippen LogP contribution in [0.2, 0.25) is 0 Å². The van der Waals surface area contributed by atoms with Crippen molar-refractivity contribution in [3.63, 3.8) is 0 Å². The van der Waals surface area contributed by atoms with E-state index in [9.17, 15) is 0 Å². The zero-order valence-electron chi connectivity index (χ0n) is 9.33. The topological polar surface area (TPSA) is 0 Å². The lowest BCUT2D eigenvalue weighted by Gasteiger charge is -2.00. The average molecular weight is 307 g/mol. The molecule has 0 aliphatic carbocycles. The van der Waals surface area contributed by atoms with Crippen LogP contribution in [-0.2, 0) is 0 Å². The highest BCUT2D eigenvalue weighted by Gasteiger charge is 2.03. The maximum Gasteiger partial charge on any atom is 0.0574 e. The molecule has 3 rings (SSSR count). The minimum atomic E-state index is 1.05. The molecule has 1 aromatic carbocycles. The molecule has 0 unspecified atom stereocenters. The highest BCUT2D eigenvalue weighted by Crippen LogP contribution is 2.34. The zero-order chi connectivity index (χ0) is 12.5. The van der Waals surface area contributed by atoms with E-state index in [1.165, 1.54) is 20.9 Å². The maximum atomic E-state index is 4.35. The maximum absolute atomic E-state index is 4.35. The van der Waals surface area contributed by atoms with E-state index >= 15 is 0 Å². The van der Waals surface area contributed by atoms with Crippen LogP contribution in [0.1, 0.15) is 0 Å². The number of hydrogen-bond acceptors (Lipinski definition) is 4. The molecule has 0 bridgehead atoms. The molecule has 2 aromatic heterocycles. The predicted molar refractivity (Wildman–Crippen MR) is 87.6 cm³/mol. The smallest absolute Gasteiger partial charge is 0.0574 e. The van der Waals surface area contributed by atoms with E-state index in [1.54, 1.807) is 22.7 Å². The summed E-state index contributed by atoms with van der Waals surface area (Å²) in [6.45, 7) is 0. The van der Waals surface area contributed by atoms with Crippen molar-refractivity contribution >= 4 is 47.9 Å². The lowest BCUT2D eigenvalue weighted by Crippen LogP contribution is -1.74. The third kappa shape index (κ3) is 2.52. The molecule has 90 valence electrons. The number of thiophene rings is 2. The van der Waals surface area contributed by atoms with Crippen molar-refractivity contribution in [1.82, 2.24) is 0 Å². The van der Waals surface area contributed by atoms with Gasteiger partial charge in [0.15, 0.2) is 0 Å². The Morgan fingerprint density at radius 2 is 0.944 bits per heavy atom. The van der Waals surface area contributed by atoms with Crippen molar-refractivity contribution in [3.8, 4) is 20.9 Å². The first kappa shape index (κ1) is 12.4. The molecular formula is C14H10S4. The molecule has 2 heterocycles. The van der Waals surface area contributed by atoms with Crippen LogP contribution in [0.25, 0.3) is 20.9 Å². The van der Waals surface area contributed by atoms with Gasteiger partial charge >= 0.3 is 0 Å². The van der Waals surface area contributed by atoms with Crippen molar-refractivity contribution in [2.75, 3.05) is 0 Å². The summed E-state index contributed by atoms with van der Waals surface area (Å²) in [5.74, 6) is 0. The Bertz CT molecular complexity index is 602. The highest BCUT2D eigenvalue weighted by molar-refractivity contribution is 7.83. The van der Waals surface area contributed by atoms with Crippen LogP contribution in [-0.4, -0.2) is 0 Å². The molecule has 0 aliphatic heterocycles. The standard InChI is InChI=1S/C14H10S4/c15-13-7-5-11(17-13)9-1-2-10(4-3-9)12-6-8-14(16)18-12/h1-8,15-16H. The summed E-state index contributed by atoms with van der Waals surface area (Å²) in [5.41, 5.74) is 2.48. The van der Waals surface area contributed by atoms with Gasteiger partial charge in [-0.2, -0.15) is 0 Å². The summed E-state index contributed by atoms with van der Waals surface area (Å²) in [7, 11) is 0. The predicted octanol–water partition coefficient (Wildman–Crippen LogP) is 5.72. The summed E-state index contributed by atoms with van der Waals surface area (Å²) in [4.78, 5) is 2.51. The highest BCUT2D eigenvalue weighted by atomic mass is 32.2. The van der Waals surface area contributed by atoms with E-state index in [4.69, 9.17) is 0 Å². The molecule has 18 heavy (non-hydrogen) atoms. The lowest BCUT2D eigenvalue weighted by molar-refractivity contribution is 1.68. The second-order valence-corrected chi connectivity index (χ2v) is 7.59. The second-order valence-electron chi connectivity index (χ2n) is 3.85. The molecule has 0 fully saturated rings. The van der Waals surface area contributed by atoms with Gasteiger partial charge in [-0.05, 0) is 35.4 Å². The SMILES string of the molecule is Sc1ccc(-c2ccc(-c3ccc(S)s3)cc2)s1. The van der Waals surface area contributed by atoms with E-state index in [0.717, 1.165) is 8.42 Å². The van der Waals surface area contributed by atoms with Gasteiger partial charge in [0.05, 0.1) is 8.42 Å². The third-order valence-electron chi connectivity index (χ3n) is 2.64. The number of thiol groups is 2. The molecule has 0 atom stereocenters. The van der Waals surface area contributed by atoms with Crippen molar-refractivity contribution < 1.29 is 0 Å². The molecule has 0 spiro atoms. The van der Waals surface area contributed by atoms with Gasteiger partial charge in [-0.3, -0.25) is 0 Å². The molecule has 0 N–H and O–H groups in total. The Balaban J connectivity index is 1.94. The molecule has 0 saturated heterocycles. The summed E-state index contributed by atoms with van der Waals surface area (Å²) >= 11 is 12.1. The fourth-order valence-electron chi connectivity index (χ4n) is 1.76. The van der Waals surface area contributed by atoms with E-state index in [2.05, 4.69) is 61.7 Å². The van der Waals surface area contributed by atoms with Crippen LogP contribution in [0.4, 0.5) is 0 Å². The van der Waals surface area contributed by atoms with Crippen molar-refractivity contribution in [2.24, 2.45) is 0 Å². The van der Waals surface area contributed by atoms with Crippen LogP contribution >= 0.6 is 47.9 Å². The molecule has 0 amide bonds. The summed E-state index contributed by atoms with van der Waals surface area (Å²) in [6, 6.07) is 16.9. The Labute approximate surface area is 125 Å². The first-order valence-electron chi connectivity index (χ1n) is 5.41. The monoisotopic (exact) mass is 306 g/mol. The fraction of sp³-hybridized carbons (Fsp3) is 0. The van der Waals surface area contributed by atoms with Gasteiger partial charge < -0.3 is 0 Å². The molecule has 0 aliphatic rings. The molecule has 4 heteroatoms. The van der Waals surface area contributed by atoms with Gasteiger partial charge in [-0.15, -0.1) is 47.9 Å². The van der Waals surface area contributed by atoms with Gasteiger partial charge in [-0.1, -0.05) is 24.3 Å². The fourth-order valence-corrected chi connectivity index (χ4v) is 4.01. The molecule has 0 nitrogen and oxygen atoms in total. The quantitative estimate of drug-likeness (QED) is 0.556. The van der Waals surface area contributed by atoms with Crippen molar-refractivity contribution in [3.05, 3.63) is 48.5 Å². The lowest BCUT2D eigenvalue weighted by atomic mass is 10.1. The van der Waals surface area contributed by atoms with Gasteiger partial charge in [0.1, 0.15) is 0 Å². The Kier molecular flexibility index (Phi) is 3.52. The average Bonchev–Trinajstić information content (AvgIpc) is 2.98. The Morgan fingerprint density at radius 3 is 1.22 bits per heavy atom. The number of rotatable bonds is 2. The summed E-state index contributed by atoms with van der Waals surface area (Å²) in [6.07, 6.45) is 0. The van der Waals surface area contributed by atoms with Crippen LogP contribution in [0, 0.1) is 0 Å². The van der Waals surface area contributed by atoms with Crippen LogP contribution in [0.3, 0.4) is 0 Å². The van der Waals surface area contributed by atoms with Gasteiger partial charge in [0.2, 0.25) is 0 Å². The van der Waals surface area contributed by atoms with Crippen LogP contribution in [0.5, 0.6) is 0 Å². The summed E-state index contributed by atoms with van der Waals surface area (Å²) in [5, 5.41) is 0. The molecule has 3 aromatic rings. The minimum absolute atomic E-state index is 1.05. The van der Waals surface area contributed by atoms with Gasteiger partial charge in [-0.25, -0.2) is 0 Å². The van der Waals surface area contributed by atoms with E-state index in [0.29, 0.717) is 0 Å². The van der Waals surface area contributed by atoms with E-state index < -0.39 is 0 Å². The number of benzene rings is 1. The molecular weight excluding hydrogens is 296 g/mol. The summed E-state index contributed by atoms with van der Waals surface area (Å²) < 4.78 is 2.10. The third-order valence-corrected chi connectivity index (χ3v) is 5.36. The normalized spacial score (nSPS) is 10.8. The van der Waals surface area contributed by atoms with Crippen LogP contribution < -0.4 is 0 Å². The van der Waals surface area contributed by atoms with Crippen LogP contribution in [0.15, 0.2) is 56.9 Å². The van der Waals surface area contributed by atoms with Crippen molar-refractivity contribution in [1.29, 1.82) is 0 Å². The van der Waals surface area contributed by atoms with Gasteiger partial charge in [0, 0.05) is 9.75 Å². The molecule has 0 saturated carbocycles. The van der Waals surface area contributed by atoms with E-state index in [-0.39, 0.29) is 0 Å². The largest absolute Gasteiger partial charge is 0.133 e. The zero-order valence-corrected chi connectivity index (χ0v) is 12.8. The van der Waals surface area contributed by atoms with Crippen molar-refractivity contribution in [2.45, 2.75) is 8.42 Å². The first-order chi connectivity index (χ1) is 8.72. The van der Waals surface area contributed by atoms with Gasteiger partial charge in [0.25, 0.3) is 0 Å². The van der Waals surface area contributed by atoms with E-state index in [1.807, 2.05) is 12.1 Å². The minimum Gasteiger partial charge on any atom is -0.133 e. The Morgan fingerprint density at radius 1 is 0.556 bits per heavy atom. The first-order valence-corrected chi connectivity index (χ1v) is 7.93.